The quantitative estimate of drug-likeness (QED) is 0.846. The van der Waals surface area contributed by atoms with Crippen molar-refractivity contribution in [2.45, 2.75) is 38.5 Å². The molecule has 0 radical (unpaired) electrons. The van der Waals surface area contributed by atoms with Gasteiger partial charge in [0.05, 0.1) is 6.10 Å². The predicted octanol–water partition coefficient (Wildman–Crippen LogP) is 3.24. The number of benzene rings is 1. The molecule has 3 rings (SSSR count). The van der Waals surface area contributed by atoms with Crippen LogP contribution in [0.2, 0.25) is 0 Å². The number of rotatable bonds is 4. The van der Waals surface area contributed by atoms with Crippen molar-refractivity contribution in [1.82, 2.24) is 4.90 Å². The fourth-order valence-electron chi connectivity index (χ4n) is 3.39. The number of hydrogen-bond acceptors (Lipinski definition) is 4. The monoisotopic (exact) mass is 320 g/mol. The van der Waals surface area contributed by atoms with E-state index in [0.717, 1.165) is 32.5 Å². The van der Waals surface area contributed by atoms with Gasteiger partial charge < -0.3 is 9.64 Å². The molecule has 1 unspecified atom stereocenters. The third-order valence-corrected chi connectivity index (χ3v) is 6.16. The van der Waals surface area contributed by atoms with E-state index in [4.69, 9.17) is 4.74 Å². The van der Waals surface area contributed by atoms with E-state index in [9.17, 15) is 0 Å². The second-order valence-electron chi connectivity index (χ2n) is 6.48. The van der Waals surface area contributed by atoms with E-state index in [-0.39, 0.29) is 0 Å². The third kappa shape index (κ3) is 3.98. The summed E-state index contributed by atoms with van der Waals surface area (Å²) in [6.07, 6.45) is 2.73. The number of thioether (sulfide) groups is 1. The number of ether oxygens (including phenoxy) is 1. The Balaban J connectivity index is 1.56. The molecule has 1 aromatic rings. The van der Waals surface area contributed by atoms with Gasteiger partial charge in [-0.05, 0) is 37.5 Å². The molecule has 2 aliphatic heterocycles. The van der Waals surface area contributed by atoms with Gasteiger partial charge in [0.2, 0.25) is 0 Å². The Hall–Kier alpha value is -0.710. The van der Waals surface area contributed by atoms with Crippen molar-refractivity contribution >= 4 is 17.4 Å². The molecule has 0 N–H and O–H groups in total. The van der Waals surface area contributed by atoms with E-state index >= 15 is 0 Å². The fraction of sp³-hybridized carbons (Fsp3) is 0.667. The summed E-state index contributed by atoms with van der Waals surface area (Å²) in [6, 6.07) is 9.92. The summed E-state index contributed by atoms with van der Waals surface area (Å²) >= 11 is 2.08. The number of nitrogens with zero attached hydrogens (tertiary/aromatic N) is 2. The van der Waals surface area contributed by atoms with Crippen LogP contribution in [-0.2, 0) is 11.3 Å². The zero-order valence-corrected chi connectivity index (χ0v) is 14.6. The first-order chi connectivity index (χ1) is 10.8. The highest BCUT2D eigenvalue weighted by Crippen LogP contribution is 2.23. The molecule has 4 heteroatoms. The van der Waals surface area contributed by atoms with Crippen LogP contribution in [0.4, 0.5) is 5.69 Å². The molecule has 1 atom stereocenters. The zero-order valence-electron chi connectivity index (χ0n) is 13.8. The maximum absolute atomic E-state index is 5.46. The number of methoxy groups -OCH3 is 1. The highest BCUT2D eigenvalue weighted by molar-refractivity contribution is 7.99. The Labute approximate surface area is 139 Å². The number of hydrogen-bond donors (Lipinski definition) is 0. The SMILES string of the molecule is COC1CCN(c2ccc(CN3CCSCC3C)cc2)CC1. The van der Waals surface area contributed by atoms with Crippen molar-refractivity contribution < 1.29 is 4.74 Å². The Bertz CT molecular complexity index is 457. The minimum Gasteiger partial charge on any atom is -0.381 e. The molecule has 2 heterocycles. The highest BCUT2D eigenvalue weighted by Gasteiger charge is 2.20. The molecule has 0 spiro atoms. The molecule has 0 amide bonds. The van der Waals surface area contributed by atoms with Crippen LogP contribution in [-0.4, -0.2) is 55.3 Å². The fourth-order valence-corrected chi connectivity index (χ4v) is 4.47. The third-order valence-electron chi connectivity index (χ3n) is 4.97. The first kappa shape index (κ1) is 16.2. The van der Waals surface area contributed by atoms with Gasteiger partial charge in [-0.1, -0.05) is 12.1 Å². The topological polar surface area (TPSA) is 15.7 Å². The van der Waals surface area contributed by atoms with Gasteiger partial charge in [0, 0.05) is 56.5 Å². The summed E-state index contributed by atoms with van der Waals surface area (Å²) in [4.78, 5) is 5.09. The molecule has 2 saturated heterocycles. The lowest BCUT2D eigenvalue weighted by atomic mass is 10.1. The van der Waals surface area contributed by atoms with Gasteiger partial charge in [0.15, 0.2) is 0 Å². The molecular formula is C18H28N2OS. The lowest BCUT2D eigenvalue weighted by Crippen LogP contribution is -2.39. The molecule has 2 fully saturated rings. The molecular weight excluding hydrogens is 292 g/mol. The average Bonchev–Trinajstić information content (AvgIpc) is 2.58. The first-order valence-corrected chi connectivity index (χ1v) is 9.60. The Morgan fingerprint density at radius 1 is 1.14 bits per heavy atom. The smallest absolute Gasteiger partial charge is 0.0605 e. The van der Waals surface area contributed by atoms with Gasteiger partial charge in [-0.15, -0.1) is 0 Å². The summed E-state index contributed by atoms with van der Waals surface area (Å²) in [7, 11) is 1.83. The molecule has 0 aliphatic carbocycles. The van der Waals surface area contributed by atoms with Gasteiger partial charge in [-0.3, -0.25) is 4.90 Å². The molecule has 0 aromatic heterocycles. The molecule has 22 heavy (non-hydrogen) atoms. The van der Waals surface area contributed by atoms with E-state index < -0.39 is 0 Å². The average molecular weight is 321 g/mol. The van der Waals surface area contributed by atoms with Gasteiger partial charge in [0.1, 0.15) is 0 Å². The van der Waals surface area contributed by atoms with E-state index in [0.29, 0.717) is 12.1 Å². The van der Waals surface area contributed by atoms with E-state index in [1.165, 1.54) is 29.3 Å². The maximum atomic E-state index is 5.46. The molecule has 122 valence electrons. The summed E-state index contributed by atoms with van der Waals surface area (Å²) in [5, 5.41) is 0. The number of piperidine rings is 1. The molecule has 0 bridgehead atoms. The van der Waals surface area contributed by atoms with Crippen molar-refractivity contribution in [3.63, 3.8) is 0 Å². The van der Waals surface area contributed by atoms with Crippen LogP contribution >= 0.6 is 11.8 Å². The second-order valence-corrected chi connectivity index (χ2v) is 7.63. The van der Waals surface area contributed by atoms with Crippen molar-refractivity contribution in [3.8, 4) is 0 Å². The molecule has 2 aliphatic rings. The van der Waals surface area contributed by atoms with Crippen LogP contribution in [0.15, 0.2) is 24.3 Å². The molecule has 0 saturated carbocycles. The normalized spacial score (nSPS) is 24.6. The Morgan fingerprint density at radius 3 is 2.50 bits per heavy atom. The van der Waals surface area contributed by atoms with Crippen LogP contribution in [0, 0.1) is 0 Å². The Kier molecular flexibility index (Phi) is 5.66. The minimum absolute atomic E-state index is 0.453. The summed E-state index contributed by atoms with van der Waals surface area (Å²) in [6.45, 7) is 6.88. The van der Waals surface area contributed by atoms with Crippen LogP contribution in [0.1, 0.15) is 25.3 Å². The number of anilines is 1. The van der Waals surface area contributed by atoms with Gasteiger partial charge >= 0.3 is 0 Å². The van der Waals surface area contributed by atoms with Gasteiger partial charge in [-0.2, -0.15) is 11.8 Å². The van der Waals surface area contributed by atoms with E-state index in [2.05, 4.69) is 52.8 Å². The van der Waals surface area contributed by atoms with Crippen molar-refractivity contribution in [2.75, 3.05) is 43.1 Å². The van der Waals surface area contributed by atoms with Gasteiger partial charge in [-0.25, -0.2) is 0 Å². The summed E-state index contributed by atoms with van der Waals surface area (Å²) in [5.41, 5.74) is 2.80. The minimum atomic E-state index is 0.453. The van der Waals surface area contributed by atoms with Crippen LogP contribution in [0.5, 0.6) is 0 Å². The van der Waals surface area contributed by atoms with Crippen molar-refractivity contribution in [2.24, 2.45) is 0 Å². The molecule has 1 aromatic carbocycles. The molecule has 3 nitrogen and oxygen atoms in total. The van der Waals surface area contributed by atoms with Gasteiger partial charge in [0.25, 0.3) is 0 Å². The summed E-state index contributed by atoms with van der Waals surface area (Å²) in [5.74, 6) is 2.55. The second kappa shape index (κ2) is 7.71. The van der Waals surface area contributed by atoms with Crippen molar-refractivity contribution in [3.05, 3.63) is 29.8 Å². The predicted molar refractivity (Wildman–Crippen MR) is 95.9 cm³/mol. The first-order valence-electron chi connectivity index (χ1n) is 8.45. The lowest BCUT2D eigenvalue weighted by Gasteiger charge is -2.34. The van der Waals surface area contributed by atoms with Crippen LogP contribution in [0.25, 0.3) is 0 Å². The summed E-state index contributed by atoms with van der Waals surface area (Å²) < 4.78 is 5.46. The lowest BCUT2D eigenvalue weighted by molar-refractivity contribution is 0.0819. The van der Waals surface area contributed by atoms with E-state index in [1.54, 1.807) is 0 Å². The van der Waals surface area contributed by atoms with Crippen molar-refractivity contribution in [1.29, 1.82) is 0 Å². The standard InChI is InChI=1S/C18H28N2OS/c1-15-14-22-12-11-20(15)13-16-3-5-17(6-4-16)19-9-7-18(21-2)8-10-19/h3-6,15,18H,7-14H2,1-2H3. The maximum Gasteiger partial charge on any atom is 0.0605 e. The largest absolute Gasteiger partial charge is 0.381 e. The van der Waals surface area contributed by atoms with Crippen LogP contribution < -0.4 is 4.90 Å². The highest BCUT2D eigenvalue weighted by atomic mass is 32.2. The van der Waals surface area contributed by atoms with E-state index in [1.807, 2.05) is 7.11 Å². The zero-order chi connectivity index (χ0) is 15.4. The van der Waals surface area contributed by atoms with Crippen LogP contribution in [0.3, 0.4) is 0 Å². The Morgan fingerprint density at radius 2 is 1.86 bits per heavy atom.